The van der Waals surface area contributed by atoms with Crippen molar-refractivity contribution in [2.45, 2.75) is 78.8 Å². The van der Waals surface area contributed by atoms with Crippen molar-refractivity contribution in [1.82, 2.24) is 0 Å². The van der Waals surface area contributed by atoms with Gasteiger partial charge < -0.3 is 18.9 Å². The number of carbonyl (C=O) groups is 1. The van der Waals surface area contributed by atoms with Crippen LogP contribution in [0.2, 0.25) is 0 Å². The van der Waals surface area contributed by atoms with Gasteiger partial charge in [-0.2, -0.15) is 17.2 Å². The quantitative estimate of drug-likeness (QED) is 0.113. The number of alkyl halides is 2. The Kier molecular flexibility index (Phi) is 10.9. The molecule has 12 heteroatoms. The molecule has 0 aromatic heterocycles. The number of hydrogen-bond acceptors (Lipinski definition) is 7. The molecule has 1 aliphatic heterocycles. The highest BCUT2D eigenvalue weighted by Crippen LogP contribution is 2.37. The zero-order chi connectivity index (χ0) is 32.1. The monoisotopic (exact) mass is 651 g/mol. The van der Waals surface area contributed by atoms with Crippen molar-refractivity contribution in [1.29, 1.82) is 0 Å². The van der Waals surface area contributed by atoms with Crippen LogP contribution in [0.5, 0.6) is 5.75 Å². The SMILES string of the molecule is Cc1cc([S+](c2ccccc2)c2ccc(C3(C)OCCCCCO3)cc2)cc(C)c1OC(=O)COC(C)C(F)(F)S(=O)(=O)O. The summed E-state index contributed by atoms with van der Waals surface area (Å²) in [5.41, 5.74) is 2.21. The second kappa shape index (κ2) is 14.1. The predicted octanol–water partition coefficient (Wildman–Crippen LogP) is 6.58. The number of carbonyl (C=O) groups excluding carboxylic acids is 1. The van der Waals surface area contributed by atoms with Crippen molar-refractivity contribution in [2.75, 3.05) is 19.8 Å². The van der Waals surface area contributed by atoms with Crippen LogP contribution in [-0.2, 0) is 45.8 Å². The third-order valence-corrected chi connectivity index (χ3v) is 10.5. The number of ether oxygens (including phenoxy) is 4. The molecule has 44 heavy (non-hydrogen) atoms. The van der Waals surface area contributed by atoms with E-state index < -0.39 is 50.7 Å². The first-order valence-corrected chi connectivity index (χ1v) is 16.9. The van der Waals surface area contributed by atoms with Gasteiger partial charge in [-0.25, -0.2) is 4.79 Å². The molecule has 3 aromatic rings. The number of aryl methyl sites for hydroxylation is 2. The molecule has 1 fully saturated rings. The van der Waals surface area contributed by atoms with Crippen molar-refractivity contribution in [3.63, 3.8) is 0 Å². The highest BCUT2D eigenvalue weighted by molar-refractivity contribution is 7.97. The Morgan fingerprint density at radius 3 is 2.05 bits per heavy atom. The van der Waals surface area contributed by atoms with Crippen LogP contribution < -0.4 is 4.74 Å². The maximum Gasteiger partial charge on any atom is 0.394 e. The lowest BCUT2D eigenvalue weighted by atomic mass is 10.1. The van der Waals surface area contributed by atoms with E-state index in [9.17, 15) is 22.0 Å². The van der Waals surface area contributed by atoms with Gasteiger partial charge in [0.2, 0.25) is 0 Å². The van der Waals surface area contributed by atoms with E-state index in [4.69, 9.17) is 23.5 Å². The summed E-state index contributed by atoms with van der Waals surface area (Å²) in [7, 11) is -6.24. The highest BCUT2D eigenvalue weighted by Gasteiger charge is 2.50. The first-order chi connectivity index (χ1) is 20.7. The van der Waals surface area contributed by atoms with Crippen LogP contribution in [0.15, 0.2) is 81.4 Å². The number of halogens is 2. The van der Waals surface area contributed by atoms with Crippen molar-refractivity contribution >= 4 is 27.0 Å². The van der Waals surface area contributed by atoms with E-state index in [2.05, 4.69) is 24.3 Å². The van der Waals surface area contributed by atoms with E-state index in [0.717, 1.165) is 46.4 Å². The first-order valence-electron chi connectivity index (χ1n) is 14.2. The largest absolute Gasteiger partial charge is 0.424 e. The Hall–Kier alpha value is -2.87. The summed E-state index contributed by atoms with van der Waals surface area (Å²) < 4.78 is 80.6. The van der Waals surface area contributed by atoms with Crippen LogP contribution in [0, 0.1) is 13.8 Å². The molecule has 238 valence electrons. The molecule has 1 N–H and O–H groups in total. The van der Waals surface area contributed by atoms with E-state index >= 15 is 0 Å². The van der Waals surface area contributed by atoms with Gasteiger partial charge in [0.05, 0.1) is 24.1 Å². The third kappa shape index (κ3) is 7.85. The molecule has 0 bridgehead atoms. The average molecular weight is 652 g/mol. The lowest BCUT2D eigenvalue weighted by Gasteiger charge is -2.32. The number of esters is 1. The van der Waals surface area contributed by atoms with Crippen molar-refractivity contribution < 1.29 is 45.5 Å². The minimum absolute atomic E-state index is 0.245. The number of rotatable bonds is 10. The molecule has 1 heterocycles. The van der Waals surface area contributed by atoms with Crippen LogP contribution in [0.1, 0.15) is 49.8 Å². The maximum atomic E-state index is 13.8. The van der Waals surface area contributed by atoms with Gasteiger partial charge >= 0.3 is 21.3 Å². The summed E-state index contributed by atoms with van der Waals surface area (Å²) in [4.78, 5) is 15.6. The fraction of sp³-hybridized carbons (Fsp3) is 0.406. The third-order valence-electron chi connectivity index (χ3n) is 7.29. The zero-order valence-corrected chi connectivity index (χ0v) is 26.7. The highest BCUT2D eigenvalue weighted by atomic mass is 32.2. The standard InChI is InChI=1S/C32H36F2O8S2/c1-22-19-28(20-23(2)30(22)42-29(35)21-39-24(3)32(33,34)44(36,37)38)43(26-11-7-5-8-12-26)27-15-13-25(14-16-27)31(4)40-17-9-6-10-18-41-31/h5,7-8,11-16,19-20,24H,6,9-10,17-18,21H2,1-4H3/p+1. The molecule has 8 nitrogen and oxygen atoms in total. The molecule has 0 spiro atoms. The van der Waals surface area contributed by atoms with Crippen LogP contribution in [0.25, 0.3) is 0 Å². The molecular weight excluding hydrogens is 614 g/mol. The van der Waals surface area contributed by atoms with Crippen molar-refractivity contribution in [2.24, 2.45) is 0 Å². The second-order valence-corrected chi connectivity index (χ2v) is 14.2. The van der Waals surface area contributed by atoms with Crippen LogP contribution in [0.4, 0.5) is 8.78 Å². The topological polar surface area (TPSA) is 108 Å². The molecule has 0 radical (unpaired) electrons. The minimum Gasteiger partial charge on any atom is -0.424 e. The Labute approximate surface area is 259 Å². The van der Waals surface area contributed by atoms with E-state index in [1.54, 1.807) is 13.8 Å². The van der Waals surface area contributed by atoms with Gasteiger partial charge in [-0.3, -0.25) is 4.55 Å². The van der Waals surface area contributed by atoms with Crippen LogP contribution in [0.3, 0.4) is 0 Å². The second-order valence-electron chi connectivity index (χ2n) is 10.7. The Morgan fingerprint density at radius 2 is 1.50 bits per heavy atom. The molecule has 0 amide bonds. The van der Waals surface area contributed by atoms with E-state index in [0.29, 0.717) is 24.3 Å². The van der Waals surface area contributed by atoms with Crippen LogP contribution in [-0.4, -0.2) is 50.1 Å². The summed E-state index contributed by atoms with van der Waals surface area (Å²) in [6.45, 7) is 6.54. The van der Waals surface area contributed by atoms with Gasteiger partial charge in [0, 0.05) is 17.7 Å². The van der Waals surface area contributed by atoms with E-state index in [-0.39, 0.29) is 5.75 Å². The minimum atomic E-state index is -5.72. The van der Waals surface area contributed by atoms with Gasteiger partial charge in [0.25, 0.3) is 0 Å². The summed E-state index contributed by atoms with van der Waals surface area (Å²) in [6, 6.07) is 22.0. The summed E-state index contributed by atoms with van der Waals surface area (Å²) in [6.07, 6.45) is 0.791. The summed E-state index contributed by atoms with van der Waals surface area (Å²) >= 11 is 0. The Morgan fingerprint density at radius 1 is 0.955 bits per heavy atom. The molecule has 1 saturated heterocycles. The smallest absolute Gasteiger partial charge is 0.394 e. The zero-order valence-electron chi connectivity index (χ0n) is 25.0. The molecule has 1 aliphatic rings. The first kappa shape index (κ1) is 34.0. The van der Waals surface area contributed by atoms with Crippen molar-refractivity contribution in [3.8, 4) is 5.75 Å². The average Bonchev–Trinajstić information content (AvgIpc) is 2.96. The Balaban J connectivity index is 1.58. The van der Waals surface area contributed by atoms with Gasteiger partial charge in [-0.1, -0.05) is 18.2 Å². The molecule has 4 rings (SSSR count). The summed E-state index contributed by atoms with van der Waals surface area (Å²) in [5, 5.41) is -4.58. The van der Waals surface area contributed by atoms with E-state index in [1.165, 1.54) is 0 Å². The number of benzene rings is 3. The molecule has 2 atom stereocenters. The van der Waals surface area contributed by atoms with Crippen LogP contribution >= 0.6 is 0 Å². The molecule has 0 aliphatic carbocycles. The van der Waals surface area contributed by atoms with Gasteiger partial charge in [-0.05, 0) is 94.5 Å². The lowest BCUT2D eigenvalue weighted by Crippen LogP contribution is -2.42. The summed E-state index contributed by atoms with van der Waals surface area (Å²) in [5.74, 6) is -1.58. The molecule has 0 saturated carbocycles. The fourth-order valence-electron chi connectivity index (χ4n) is 4.81. The molecular formula is C32H37F2O8S2+. The number of hydrogen-bond donors (Lipinski definition) is 1. The maximum absolute atomic E-state index is 13.8. The van der Waals surface area contributed by atoms with Gasteiger partial charge in [-0.15, -0.1) is 0 Å². The van der Waals surface area contributed by atoms with Gasteiger partial charge in [0.15, 0.2) is 20.5 Å². The normalized spacial score (nSPS) is 17.2. The van der Waals surface area contributed by atoms with Gasteiger partial charge in [0.1, 0.15) is 18.5 Å². The Bertz CT molecular complexity index is 1520. The van der Waals surface area contributed by atoms with E-state index in [1.807, 2.05) is 49.4 Å². The molecule has 2 unspecified atom stereocenters. The van der Waals surface area contributed by atoms with Crippen molar-refractivity contribution in [3.05, 3.63) is 83.4 Å². The lowest BCUT2D eigenvalue weighted by molar-refractivity contribution is -0.241. The fourth-order valence-corrected chi connectivity index (χ4v) is 7.54. The predicted molar refractivity (Wildman–Crippen MR) is 162 cm³/mol. The molecule has 3 aromatic carbocycles.